The predicted molar refractivity (Wildman–Crippen MR) is 45.2 cm³/mol. The van der Waals surface area contributed by atoms with Gasteiger partial charge in [0.15, 0.2) is 0 Å². The summed E-state index contributed by atoms with van der Waals surface area (Å²) in [5, 5.41) is 3.01. The smallest absolute Gasteiger partial charge is 0.220 e. The molecule has 0 aromatic carbocycles. The van der Waals surface area contributed by atoms with Crippen LogP contribution in [0.2, 0.25) is 0 Å². The SMILES string of the molecule is CC1CCC(=O)NC(C)(C)C1. The fraction of sp³-hybridized carbons (Fsp3) is 0.889. The van der Waals surface area contributed by atoms with Gasteiger partial charge in [-0.15, -0.1) is 0 Å². The number of rotatable bonds is 0. The summed E-state index contributed by atoms with van der Waals surface area (Å²) in [7, 11) is 0. The highest BCUT2D eigenvalue weighted by molar-refractivity contribution is 5.76. The van der Waals surface area contributed by atoms with Crippen LogP contribution in [0, 0.1) is 5.92 Å². The molecule has 1 aliphatic heterocycles. The lowest BCUT2D eigenvalue weighted by atomic mass is 9.91. The second kappa shape index (κ2) is 2.84. The minimum Gasteiger partial charge on any atom is -0.351 e. The van der Waals surface area contributed by atoms with Crippen molar-refractivity contribution in [1.82, 2.24) is 5.32 Å². The molecule has 0 radical (unpaired) electrons. The predicted octanol–water partition coefficient (Wildman–Crippen LogP) is 1.70. The molecule has 0 spiro atoms. The summed E-state index contributed by atoms with van der Waals surface area (Å²) in [5.41, 5.74) is 0.00694. The molecular formula is C9H17NO. The molecule has 1 amide bonds. The van der Waals surface area contributed by atoms with Crippen LogP contribution in [-0.4, -0.2) is 11.4 Å². The van der Waals surface area contributed by atoms with Gasteiger partial charge < -0.3 is 5.32 Å². The second-order valence-electron chi connectivity index (χ2n) is 4.28. The molecule has 64 valence electrons. The van der Waals surface area contributed by atoms with Gasteiger partial charge in [-0.1, -0.05) is 6.92 Å². The van der Waals surface area contributed by atoms with Crippen molar-refractivity contribution in [3.05, 3.63) is 0 Å². The van der Waals surface area contributed by atoms with Crippen LogP contribution < -0.4 is 5.32 Å². The highest BCUT2D eigenvalue weighted by atomic mass is 16.1. The van der Waals surface area contributed by atoms with E-state index in [1.54, 1.807) is 0 Å². The van der Waals surface area contributed by atoms with E-state index in [-0.39, 0.29) is 11.4 Å². The Morgan fingerprint density at radius 1 is 1.55 bits per heavy atom. The van der Waals surface area contributed by atoms with Crippen molar-refractivity contribution in [3.8, 4) is 0 Å². The van der Waals surface area contributed by atoms with E-state index >= 15 is 0 Å². The van der Waals surface area contributed by atoms with E-state index in [0.29, 0.717) is 12.3 Å². The fourth-order valence-corrected chi connectivity index (χ4v) is 1.84. The molecule has 0 bridgehead atoms. The Morgan fingerprint density at radius 2 is 2.18 bits per heavy atom. The van der Waals surface area contributed by atoms with Crippen molar-refractivity contribution >= 4 is 5.91 Å². The minimum absolute atomic E-state index is 0.00694. The van der Waals surface area contributed by atoms with Crippen LogP contribution >= 0.6 is 0 Å². The first-order valence-corrected chi connectivity index (χ1v) is 4.31. The van der Waals surface area contributed by atoms with Crippen LogP contribution in [-0.2, 0) is 4.79 Å². The average molecular weight is 155 g/mol. The molecule has 1 unspecified atom stereocenters. The molecule has 11 heavy (non-hydrogen) atoms. The summed E-state index contributed by atoms with van der Waals surface area (Å²) in [5.74, 6) is 0.878. The molecule has 1 heterocycles. The number of hydrogen-bond acceptors (Lipinski definition) is 1. The molecule has 0 aliphatic carbocycles. The summed E-state index contributed by atoms with van der Waals surface area (Å²) >= 11 is 0. The quantitative estimate of drug-likeness (QED) is 0.567. The van der Waals surface area contributed by atoms with E-state index in [9.17, 15) is 4.79 Å². The van der Waals surface area contributed by atoms with Gasteiger partial charge in [0.25, 0.3) is 0 Å². The first-order chi connectivity index (χ1) is 4.99. The third kappa shape index (κ3) is 2.52. The molecule has 1 rings (SSSR count). The van der Waals surface area contributed by atoms with E-state index in [2.05, 4.69) is 26.1 Å². The van der Waals surface area contributed by atoms with E-state index in [4.69, 9.17) is 0 Å². The van der Waals surface area contributed by atoms with E-state index < -0.39 is 0 Å². The second-order valence-corrected chi connectivity index (χ2v) is 4.28. The molecule has 2 heteroatoms. The van der Waals surface area contributed by atoms with E-state index in [1.807, 2.05) is 0 Å². The molecule has 1 saturated heterocycles. The van der Waals surface area contributed by atoms with Gasteiger partial charge in [0.2, 0.25) is 5.91 Å². The number of nitrogens with one attached hydrogen (secondary N) is 1. The molecule has 1 aliphatic rings. The summed E-state index contributed by atoms with van der Waals surface area (Å²) < 4.78 is 0. The molecule has 1 N–H and O–H groups in total. The Balaban J connectivity index is 2.63. The molecule has 0 aromatic rings. The van der Waals surface area contributed by atoms with Crippen LogP contribution in [0.15, 0.2) is 0 Å². The van der Waals surface area contributed by atoms with Crippen LogP contribution in [0.5, 0.6) is 0 Å². The fourth-order valence-electron chi connectivity index (χ4n) is 1.84. The molecule has 1 atom stereocenters. The maximum absolute atomic E-state index is 11.1. The Hall–Kier alpha value is -0.530. The lowest BCUT2D eigenvalue weighted by Gasteiger charge is -2.25. The topological polar surface area (TPSA) is 29.1 Å². The van der Waals surface area contributed by atoms with Crippen molar-refractivity contribution in [2.24, 2.45) is 5.92 Å². The first kappa shape index (κ1) is 8.57. The van der Waals surface area contributed by atoms with Crippen molar-refractivity contribution in [1.29, 1.82) is 0 Å². The number of carbonyl (C=O) groups excluding carboxylic acids is 1. The van der Waals surface area contributed by atoms with Gasteiger partial charge in [0.1, 0.15) is 0 Å². The Labute approximate surface area is 68.4 Å². The van der Waals surface area contributed by atoms with Crippen molar-refractivity contribution in [2.45, 2.75) is 45.6 Å². The van der Waals surface area contributed by atoms with Gasteiger partial charge in [-0.25, -0.2) is 0 Å². The standard InChI is InChI=1S/C9H17NO/c1-7-4-5-8(11)10-9(2,3)6-7/h7H,4-6H2,1-3H3,(H,10,11). The molecule has 2 nitrogen and oxygen atoms in total. The summed E-state index contributed by atoms with van der Waals surface area (Å²) in [6, 6.07) is 0. The van der Waals surface area contributed by atoms with E-state index in [0.717, 1.165) is 12.8 Å². The summed E-state index contributed by atoms with van der Waals surface area (Å²) in [6.45, 7) is 6.39. The van der Waals surface area contributed by atoms with Gasteiger partial charge in [-0.3, -0.25) is 4.79 Å². The third-order valence-electron chi connectivity index (χ3n) is 2.20. The largest absolute Gasteiger partial charge is 0.351 e. The van der Waals surface area contributed by atoms with Gasteiger partial charge in [-0.05, 0) is 32.6 Å². The summed E-state index contributed by atoms with van der Waals surface area (Å²) in [4.78, 5) is 11.1. The maximum Gasteiger partial charge on any atom is 0.220 e. The molecule has 1 fully saturated rings. The molecule has 0 saturated carbocycles. The van der Waals surface area contributed by atoms with Crippen LogP contribution in [0.1, 0.15) is 40.0 Å². The third-order valence-corrected chi connectivity index (χ3v) is 2.20. The van der Waals surface area contributed by atoms with Crippen molar-refractivity contribution in [2.75, 3.05) is 0 Å². The number of amides is 1. The molecule has 0 aromatic heterocycles. The normalized spacial score (nSPS) is 30.8. The lowest BCUT2D eigenvalue weighted by Crippen LogP contribution is -2.42. The Kier molecular flexibility index (Phi) is 2.21. The maximum atomic E-state index is 11.1. The van der Waals surface area contributed by atoms with Crippen LogP contribution in [0.4, 0.5) is 0 Å². The average Bonchev–Trinajstić information content (AvgIpc) is 1.89. The molecular weight excluding hydrogens is 138 g/mol. The zero-order valence-electron chi connectivity index (χ0n) is 7.61. The van der Waals surface area contributed by atoms with Gasteiger partial charge in [0.05, 0.1) is 0 Å². The van der Waals surface area contributed by atoms with Crippen molar-refractivity contribution < 1.29 is 4.79 Å². The Morgan fingerprint density at radius 3 is 2.82 bits per heavy atom. The lowest BCUT2D eigenvalue weighted by molar-refractivity contribution is -0.122. The van der Waals surface area contributed by atoms with Crippen LogP contribution in [0.25, 0.3) is 0 Å². The first-order valence-electron chi connectivity index (χ1n) is 4.31. The highest BCUT2D eigenvalue weighted by Crippen LogP contribution is 2.23. The zero-order valence-corrected chi connectivity index (χ0v) is 7.61. The highest BCUT2D eigenvalue weighted by Gasteiger charge is 2.26. The minimum atomic E-state index is 0.00694. The number of carbonyl (C=O) groups is 1. The van der Waals surface area contributed by atoms with Gasteiger partial charge >= 0.3 is 0 Å². The zero-order chi connectivity index (χ0) is 8.48. The monoisotopic (exact) mass is 155 g/mol. The number of hydrogen-bond donors (Lipinski definition) is 1. The van der Waals surface area contributed by atoms with E-state index in [1.165, 1.54) is 0 Å². The summed E-state index contributed by atoms with van der Waals surface area (Å²) in [6.07, 6.45) is 2.83. The van der Waals surface area contributed by atoms with Crippen molar-refractivity contribution in [3.63, 3.8) is 0 Å². The van der Waals surface area contributed by atoms with Gasteiger partial charge in [0, 0.05) is 12.0 Å². The van der Waals surface area contributed by atoms with Crippen LogP contribution in [0.3, 0.4) is 0 Å². The Bertz CT molecular complexity index is 163. The van der Waals surface area contributed by atoms with Gasteiger partial charge in [-0.2, -0.15) is 0 Å².